The van der Waals surface area contributed by atoms with Crippen molar-refractivity contribution >= 4 is 51.2 Å². The number of hydrogen-bond donors (Lipinski definition) is 1. The molecule has 0 bridgehead atoms. The van der Waals surface area contributed by atoms with Crippen LogP contribution in [0.1, 0.15) is 11.3 Å². The summed E-state index contributed by atoms with van der Waals surface area (Å²) in [5, 5.41) is 23.1. The molecule has 2 aromatic heterocycles. The lowest BCUT2D eigenvalue weighted by Crippen LogP contribution is -2.33. The van der Waals surface area contributed by atoms with E-state index < -0.39 is 0 Å². The molecule has 0 spiro atoms. The van der Waals surface area contributed by atoms with Gasteiger partial charge in [-0.15, -0.1) is 21.5 Å². The monoisotopic (exact) mass is 447 g/mol. The van der Waals surface area contributed by atoms with Crippen LogP contribution >= 0.6 is 34.4 Å². The third kappa shape index (κ3) is 6.52. The molecule has 1 aromatic carbocycles. The number of thioether (sulfide) groups is 1. The maximum absolute atomic E-state index is 13.2. The first-order valence-electron chi connectivity index (χ1n) is 8.81. The Balaban J connectivity index is 1.52. The number of halogens is 1. The van der Waals surface area contributed by atoms with Gasteiger partial charge in [-0.2, -0.15) is 5.26 Å². The van der Waals surface area contributed by atoms with Crippen molar-refractivity contribution in [3.8, 4) is 6.07 Å². The third-order valence-electron chi connectivity index (χ3n) is 3.84. The largest absolute Gasteiger partial charge is 0.360 e. The zero-order chi connectivity index (χ0) is 20.5. The molecule has 150 valence electrons. The van der Waals surface area contributed by atoms with E-state index in [1.807, 2.05) is 12.1 Å². The number of rotatable bonds is 10. The van der Waals surface area contributed by atoms with Crippen molar-refractivity contribution in [2.24, 2.45) is 0 Å². The van der Waals surface area contributed by atoms with Gasteiger partial charge in [-0.25, -0.2) is 4.39 Å². The van der Waals surface area contributed by atoms with Crippen LogP contribution in [0.3, 0.4) is 0 Å². The Morgan fingerprint density at radius 2 is 2.10 bits per heavy atom. The summed E-state index contributed by atoms with van der Waals surface area (Å²) in [6.07, 6.45) is 1.12. The Bertz CT molecular complexity index is 953. The molecular formula is C19H18FN5OS3. The van der Waals surface area contributed by atoms with Gasteiger partial charge in [-0.05, 0) is 42.1 Å². The van der Waals surface area contributed by atoms with E-state index in [2.05, 4.69) is 27.0 Å². The van der Waals surface area contributed by atoms with Crippen LogP contribution in [0.15, 0.2) is 46.1 Å². The highest BCUT2D eigenvalue weighted by atomic mass is 32.2. The number of nitriles is 1. The summed E-state index contributed by atoms with van der Waals surface area (Å²) in [5.41, 5.74) is 0.570. The number of carbonyl (C=O) groups excluding carboxylic acids is 1. The van der Waals surface area contributed by atoms with Gasteiger partial charge in [0.05, 0.1) is 18.2 Å². The standard InChI is InChI=1S/C19H18FN5OS3/c20-14-4-6-15(7-5-14)25(11-2-9-21)17(26)13-28-19-24-23-18(29-19)22-10-8-16-3-1-12-27-16/h1,3-7,12H,2,8,10-11,13H2,(H,22,23). The average Bonchev–Trinajstić information content (AvgIpc) is 3.40. The van der Waals surface area contributed by atoms with Gasteiger partial charge in [-0.1, -0.05) is 29.2 Å². The SMILES string of the molecule is N#CCCN(C(=O)CSc1nnc(NCCc2cccs2)s1)c1ccc(F)cc1. The summed E-state index contributed by atoms with van der Waals surface area (Å²) in [5.74, 6) is -0.379. The predicted octanol–water partition coefficient (Wildman–Crippen LogP) is 4.43. The summed E-state index contributed by atoms with van der Waals surface area (Å²) in [6.45, 7) is 1.03. The van der Waals surface area contributed by atoms with Gasteiger partial charge in [-0.3, -0.25) is 4.79 Å². The van der Waals surface area contributed by atoms with E-state index in [4.69, 9.17) is 5.26 Å². The first-order chi connectivity index (χ1) is 14.2. The molecule has 0 aliphatic rings. The van der Waals surface area contributed by atoms with Crippen molar-refractivity contribution in [3.63, 3.8) is 0 Å². The second kappa shape index (κ2) is 10.9. The number of nitrogens with zero attached hydrogens (tertiary/aromatic N) is 4. The Morgan fingerprint density at radius 1 is 1.28 bits per heavy atom. The van der Waals surface area contributed by atoms with Gasteiger partial charge >= 0.3 is 0 Å². The molecule has 1 N–H and O–H groups in total. The zero-order valence-corrected chi connectivity index (χ0v) is 17.8. The molecule has 0 fully saturated rings. The summed E-state index contributed by atoms with van der Waals surface area (Å²) in [6, 6.07) is 11.8. The maximum atomic E-state index is 13.2. The minimum absolute atomic E-state index is 0.159. The molecule has 2 heterocycles. The number of carbonyl (C=O) groups is 1. The van der Waals surface area contributed by atoms with Crippen LogP contribution in [0.2, 0.25) is 0 Å². The van der Waals surface area contributed by atoms with Gasteiger partial charge in [0.15, 0.2) is 4.34 Å². The topological polar surface area (TPSA) is 81.9 Å². The van der Waals surface area contributed by atoms with E-state index in [9.17, 15) is 9.18 Å². The molecule has 29 heavy (non-hydrogen) atoms. The number of anilines is 2. The molecule has 0 radical (unpaired) electrons. The Hall–Kier alpha value is -2.48. The Morgan fingerprint density at radius 3 is 2.83 bits per heavy atom. The Kier molecular flexibility index (Phi) is 7.98. The molecule has 0 aliphatic carbocycles. The smallest absolute Gasteiger partial charge is 0.237 e. The minimum atomic E-state index is -0.372. The van der Waals surface area contributed by atoms with Crippen LogP contribution in [-0.2, 0) is 11.2 Å². The van der Waals surface area contributed by atoms with Crippen LogP contribution < -0.4 is 10.2 Å². The molecule has 0 atom stereocenters. The Labute approximate surface area is 180 Å². The number of amides is 1. The van der Waals surface area contributed by atoms with Gasteiger partial charge in [0, 0.05) is 23.7 Å². The number of nitrogens with one attached hydrogen (secondary N) is 1. The van der Waals surface area contributed by atoms with Crippen molar-refractivity contribution in [2.75, 3.05) is 29.1 Å². The van der Waals surface area contributed by atoms with E-state index in [0.29, 0.717) is 10.0 Å². The summed E-state index contributed by atoms with van der Waals surface area (Å²) in [7, 11) is 0. The highest BCUT2D eigenvalue weighted by molar-refractivity contribution is 8.01. The van der Waals surface area contributed by atoms with Crippen molar-refractivity contribution < 1.29 is 9.18 Å². The lowest BCUT2D eigenvalue weighted by atomic mass is 10.2. The number of thiophene rings is 1. The van der Waals surface area contributed by atoms with Gasteiger partial charge in [0.1, 0.15) is 5.82 Å². The van der Waals surface area contributed by atoms with E-state index in [1.165, 1.54) is 57.1 Å². The van der Waals surface area contributed by atoms with Crippen LogP contribution in [0.25, 0.3) is 0 Å². The molecule has 10 heteroatoms. The van der Waals surface area contributed by atoms with E-state index in [-0.39, 0.29) is 30.4 Å². The van der Waals surface area contributed by atoms with E-state index in [0.717, 1.165) is 18.1 Å². The summed E-state index contributed by atoms with van der Waals surface area (Å²) < 4.78 is 13.9. The fraction of sp³-hybridized carbons (Fsp3) is 0.263. The van der Waals surface area contributed by atoms with Crippen LogP contribution in [0.4, 0.5) is 15.2 Å². The van der Waals surface area contributed by atoms with Crippen LogP contribution in [0.5, 0.6) is 0 Å². The number of aromatic nitrogens is 2. The van der Waals surface area contributed by atoms with Gasteiger partial charge in [0.25, 0.3) is 0 Å². The van der Waals surface area contributed by atoms with Crippen molar-refractivity contribution in [3.05, 3.63) is 52.5 Å². The molecule has 3 aromatic rings. The lowest BCUT2D eigenvalue weighted by Gasteiger charge is -2.21. The van der Waals surface area contributed by atoms with Crippen LogP contribution in [0, 0.1) is 17.1 Å². The second-order valence-electron chi connectivity index (χ2n) is 5.85. The van der Waals surface area contributed by atoms with E-state index in [1.54, 1.807) is 11.3 Å². The molecule has 0 aliphatic heterocycles. The number of hydrogen-bond acceptors (Lipinski definition) is 8. The lowest BCUT2D eigenvalue weighted by molar-refractivity contribution is -0.116. The molecule has 1 amide bonds. The molecule has 0 unspecified atom stereocenters. The first-order valence-corrected chi connectivity index (χ1v) is 11.5. The fourth-order valence-corrected chi connectivity index (χ4v) is 4.83. The summed E-state index contributed by atoms with van der Waals surface area (Å²) >= 11 is 4.42. The molecular weight excluding hydrogens is 429 g/mol. The fourth-order valence-electron chi connectivity index (χ4n) is 2.47. The zero-order valence-electron chi connectivity index (χ0n) is 15.4. The van der Waals surface area contributed by atoms with E-state index >= 15 is 0 Å². The average molecular weight is 448 g/mol. The maximum Gasteiger partial charge on any atom is 0.237 e. The third-order valence-corrected chi connectivity index (χ3v) is 6.78. The van der Waals surface area contributed by atoms with Crippen LogP contribution in [-0.4, -0.2) is 34.9 Å². The normalized spacial score (nSPS) is 10.5. The molecule has 6 nitrogen and oxygen atoms in total. The van der Waals surface area contributed by atoms with Gasteiger partial charge < -0.3 is 10.2 Å². The van der Waals surface area contributed by atoms with Crippen molar-refractivity contribution in [1.29, 1.82) is 5.26 Å². The second-order valence-corrected chi connectivity index (χ2v) is 9.08. The van der Waals surface area contributed by atoms with Crippen molar-refractivity contribution in [2.45, 2.75) is 17.2 Å². The molecule has 0 saturated carbocycles. The first kappa shape index (κ1) is 21.2. The number of benzene rings is 1. The highest BCUT2D eigenvalue weighted by Crippen LogP contribution is 2.26. The quantitative estimate of drug-likeness (QED) is 0.463. The minimum Gasteiger partial charge on any atom is -0.360 e. The molecule has 0 saturated heterocycles. The molecule has 3 rings (SSSR count). The predicted molar refractivity (Wildman–Crippen MR) is 116 cm³/mol. The highest BCUT2D eigenvalue weighted by Gasteiger charge is 2.17. The van der Waals surface area contributed by atoms with Gasteiger partial charge in [0.2, 0.25) is 11.0 Å². The summed E-state index contributed by atoms with van der Waals surface area (Å²) in [4.78, 5) is 15.5. The van der Waals surface area contributed by atoms with Crippen molar-refractivity contribution in [1.82, 2.24) is 10.2 Å².